The molecule has 0 heterocycles. The van der Waals surface area contributed by atoms with Crippen molar-refractivity contribution in [3.8, 4) is 5.75 Å². The number of hydrogen-bond donors (Lipinski definition) is 4. The highest BCUT2D eigenvalue weighted by atomic mass is 32.2. The molecule has 0 aliphatic rings. The molecule has 2 rings (SSSR count). The molecule has 2 aromatic carbocycles. The van der Waals surface area contributed by atoms with Crippen molar-refractivity contribution in [2.45, 2.75) is 11.8 Å². The standard InChI is InChI=1S/C19H24N4O5S/c1-3-23(13-19(25)22-16-9-4-5-10-17(16)28-2)12-18(24)21-14-7-6-8-15(11-14)29(20,26)27/h4-11H,3,12-13H2,1-2H3,(H,21,24)(H,22,25)(H2,20,26,27)/p+1. The van der Waals surface area contributed by atoms with Crippen LogP contribution >= 0.6 is 0 Å². The minimum absolute atomic E-state index is 0.0372. The Labute approximate surface area is 169 Å². The predicted molar refractivity (Wildman–Crippen MR) is 109 cm³/mol. The quantitative estimate of drug-likeness (QED) is 0.446. The number of hydrogen-bond acceptors (Lipinski definition) is 5. The van der Waals surface area contributed by atoms with Gasteiger partial charge in [-0.25, -0.2) is 13.6 Å². The van der Waals surface area contributed by atoms with Gasteiger partial charge >= 0.3 is 0 Å². The second-order valence-electron chi connectivity index (χ2n) is 6.33. The molecule has 0 spiro atoms. The smallest absolute Gasteiger partial charge is 0.279 e. The molecule has 1 unspecified atom stereocenters. The normalized spacial score (nSPS) is 12.1. The van der Waals surface area contributed by atoms with Crippen LogP contribution in [0.1, 0.15) is 6.92 Å². The number of carbonyl (C=O) groups is 2. The largest absolute Gasteiger partial charge is 0.495 e. The average molecular weight is 421 g/mol. The van der Waals surface area contributed by atoms with E-state index in [0.717, 1.165) is 4.90 Å². The molecule has 29 heavy (non-hydrogen) atoms. The highest BCUT2D eigenvalue weighted by molar-refractivity contribution is 7.89. The number of nitrogens with two attached hydrogens (primary N) is 1. The van der Waals surface area contributed by atoms with Gasteiger partial charge in [-0.15, -0.1) is 0 Å². The molecule has 2 aromatic rings. The van der Waals surface area contributed by atoms with Crippen molar-refractivity contribution in [1.82, 2.24) is 0 Å². The number of para-hydroxylation sites is 2. The van der Waals surface area contributed by atoms with Gasteiger partial charge in [0.1, 0.15) is 5.75 Å². The molecule has 0 aliphatic carbocycles. The van der Waals surface area contributed by atoms with Gasteiger partial charge < -0.3 is 20.3 Å². The zero-order valence-electron chi connectivity index (χ0n) is 16.3. The zero-order chi connectivity index (χ0) is 21.4. The maximum absolute atomic E-state index is 12.3. The summed E-state index contributed by atoms with van der Waals surface area (Å²) >= 11 is 0. The lowest BCUT2D eigenvalue weighted by Crippen LogP contribution is -3.13. The minimum atomic E-state index is -3.86. The van der Waals surface area contributed by atoms with Gasteiger partial charge in [-0.3, -0.25) is 9.59 Å². The Morgan fingerprint density at radius 3 is 2.31 bits per heavy atom. The molecule has 0 radical (unpaired) electrons. The molecule has 0 aliphatic heterocycles. The molecule has 0 saturated carbocycles. The summed E-state index contributed by atoms with van der Waals surface area (Å²) in [6, 6.07) is 12.7. The molecule has 1 atom stereocenters. The molecule has 156 valence electrons. The van der Waals surface area contributed by atoms with Crippen LogP contribution in [0.3, 0.4) is 0 Å². The van der Waals surface area contributed by atoms with Crippen LogP contribution < -0.4 is 25.4 Å². The number of sulfonamides is 1. The Bertz CT molecular complexity index is 978. The molecular weight excluding hydrogens is 396 g/mol. The fourth-order valence-corrected chi connectivity index (χ4v) is 3.22. The van der Waals surface area contributed by atoms with E-state index in [9.17, 15) is 18.0 Å². The number of methoxy groups -OCH3 is 1. The lowest BCUT2D eigenvalue weighted by molar-refractivity contribution is -0.881. The van der Waals surface area contributed by atoms with Gasteiger partial charge in [0.15, 0.2) is 13.1 Å². The molecule has 2 amide bonds. The topological polar surface area (TPSA) is 132 Å². The summed E-state index contributed by atoms with van der Waals surface area (Å²) in [6.45, 7) is 2.53. The SMILES string of the molecule is CC[NH+](CC(=O)Nc1cccc(S(N)(=O)=O)c1)CC(=O)Nc1ccccc1OC. The van der Waals surface area contributed by atoms with Crippen LogP contribution in [-0.2, 0) is 19.6 Å². The Kier molecular flexibility index (Phi) is 7.71. The van der Waals surface area contributed by atoms with E-state index in [0.29, 0.717) is 23.7 Å². The van der Waals surface area contributed by atoms with Crippen LogP contribution in [0.15, 0.2) is 53.4 Å². The van der Waals surface area contributed by atoms with Crippen molar-refractivity contribution in [3.63, 3.8) is 0 Å². The van der Waals surface area contributed by atoms with Crippen LogP contribution in [0.5, 0.6) is 5.75 Å². The van der Waals surface area contributed by atoms with Gasteiger partial charge in [0.25, 0.3) is 11.8 Å². The van der Waals surface area contributed by atoms with Gasteiger partial charge in [-0.2, -0.15) is 0 Å². The van der Waals surface area contributed by atoms with E-state index in [-0.39, 0.29) is 29.8 Å². The first-order chi connectivity index (χ1) is 13.7. The van der Waals surface area contributed by atoms with Gasteiger partial charge in [0.2, 0.25) is 10.0 Å². The summed E-state index contributed by atoms with van der Waals surface area (Å²) in [4.78, 5) is 25.3. The highest BCUT2D eigenvalue weighted by Crippen LogP contribution is 2.22. The van der Waals surface area contributed by atoms with Crippen molar-refractivity contribution < 1.29 is 27.6 Å². The van der Waals surface area contributed by atoms with Crippen molar-refractivity contribution in [2.75, 3.05) is 37.4 Å². The van der Waals surface area contributed by atoms with E-state index in [4.69, 9.17) is 9.88 Å². The number of amides is 2. The van der Waals surface area contributed by atoms with Crippen LogP contribution in [0.4, 0.5) is 11.4 Å². The number of rotatable bonds is 9. The van der Waals surface area contributed by atoms with Crippen LogP contribution in [0.25, 0.3) is 0 Å². The lowest BCUT2D eigenvalue weighted by atomic mass is 10.3. The number of likely N-dealkylation sites (N-methyl/N-ethyl adjacent to an activating group) is 1. The number of quaternary nitrogens is 1. The monoisotopic (exact) mass is 421 g/mol. The van der Waals surface area contributed by atoms with Gasteiger partial charge in [0.05, 0.1) is 24.2 Å². The number of ether oxygens (including phenoxy) is 1. The molecule has 0 bridgehead atoms. The maximum Gasteiger partial charge on any atom is 0.279 e. The lowest BCUT2D eigenvalue weighted by Gasteiger charge is -2.17. The predicted octanol–water partition coefficient (Wildman–Crippen LogP) is -0.175. The number of anilines is 2. The first-order valence-corrected chi connectivity index (χ1v) is 10.5. The van der Waals surface area contributed by atoms with Crippen molar-refractivity contribution in [3.05, 3.63) is 48.5 Å². The summed E-state index contributed by atoms with van der Waals surface area (Å²) in [5.74, 6) is -0.0553. The summed E-state index contributed by atoms with van der Waals surface area (Å²) < 4.78 is 28.0. The second kappa shape index (κ2) is 10.0. The summed E-state index contributed by atoms with van der Waals surface area (Å²) in [7, 11) is -2.34. The number of benzene rings is 2. The maximum atomic E-state index is 12.3. The zero-order valence-corrected chi connectivity index (χ0v) is 17.1. The van der Waals surface area contributed by atoms with Crippen LogP contribution in [-0.4, -0.2) is 47.0 Å². The highest BCUT2D eigenvalue weighted by Gasteiger charge is 2.18. The molecule has 0 aromatic heterocycles. The van der Waals surface area contributed by atoms with Crippen molar-refractivity contribution in [1.29, 1.82) is 0 Å². The van der Waals surface area contributed by atoms with Crippen LogP contribution in [0.2, 0.25) is 0 Å². The number of carbonyl (C=O) groups excluding carboxylic acids is 2. The Hall–Kier alpha value is -2.95. The first kappa shape index (κ1) is 22.3. The third kappa shape index (κ3) is 6.86. The fraction of sp³-hybridized carbons (Fsp3) is 0.263. The molecular formula is C19H25N4O5S+. The number of nitrogens with one attached hydrogen (secondary N) is 3. The van der Waals surface area contributed by atoms with Gasteiger partial charge in [-0.1, -0.05) is 18.2 Å². The van der Waals surface area contributed by atoms with Crippen molar-refractivity contribution in [2.24, 2.45) is 5.14 Å². The molecule has 0 saturated heterocycles. The van der Waals surface area contributed by atoms with E-state index < -0.39 is 10.0 Å². The Morgan fingerprint density at radius 1 is 1.03 bits per heavy atom. The fourth-order valence-electron chi connectivity index (χ4n) is 2.66. The number of primary sulfonamides is 1. The van der Waals surface area contributed by atoms with Crippen molar-refractivity contribution >= 4 is 33.2 Å². The first-order valence-electron chi connectivity index (χ1n) is 8.92. The average Bonchev–Trinajstić information content (AvgIpc) is 2.67. The van der Waals surface area contributed by atoms with E-state index in [2.05, 4.69) is 10.6 Å². The van der Waals surface area contributed by atoms with E-state index >= 15 is 0 Å². The second-order valence-corrected chi connectivity index (χ2v) is 7.89. The molecule has 9 nitrogen and oxygen atoms in total. The third-order valence-corrected chi connectivity index (χ3v) is 5.06. The summed E-state index contributed by atoms with van der Waals surface area (Å²) in [5.41, 5.74) is 0.871. The summed E-state index contributed by atoms with van der Waals surface area (Å²) in [5, 5.41) is 10.5. The molecule has 5 N–H and O–H groups in total. The Morgan fingerprint density at radius 2 is 1.69 bits per heavy atom. The Balaban J connectivity index is 1.95. The van der Waals surface area contributed by atoms with E-state index in [1.807, 2.05) is 6.92 Å². The summed E-state index contributed by atoms with van der Waals surface area (Å²) in [6.07, 6.45) is 0. The van der Waals surface area contributed by atoms with E-state index in [1.54, 1.807) is 30.3 Å². The minimum Gasteiger partial charge on any atom is -0.495 e. The molecule has 0 fully saturated rings. The van der Waals surface area contributed by atoms with Crippen LogP contribution in [0, 0.1) is 0 Å². The van der Waals surface area contributed by atoms with Gasteiger partial charge in [-0.05, 0) is 37.3 Å². The third-order valence-electron chi connectivity index (χ3n) is 4.15. The van der Waals surface area contributed by atoms with Gasteiger partial charge in [0, 0.05) is 5.69 Å². The molecule has 10 heteroatoms. The van der Waals surface area contributed by atoms with E-state index in [1.165, 1.54) is 25.3 Å².